The van der Waals surface area contributed by atoms with E-state index in [1.807, 2.05) is 4.57 Å². The van der Waals surface area contributed by atoms with Gasteiger partial charge in [0.05, 0.1) is 5.69 Å². The van der Waals surface area contributed by atoms with Crippen LogP contribution in [0.3, 0.4) is 0 Å². The van der Waals surface area contributed by atoms with Crippen LogP contribution < -0.4 is 10.6 Å². The summed E-state index contributed by atoms with van der Waals surface area (Å²) >= 11 is 0. The monoisotopic (exact) mass is 398 g/mol. The van der Waals surface area contributed by atoms with Crippen LogP contribution >= 0.6 is 0 Å². The van der Waals surface area contributed by atoms with E-state index in [0.717, 1.165) is 50.6 Å². The molecule has 29 heavy (non-hydrogen) atoms. The van der Waals surface area contributed by atoms with Gasteiger partial charge in [0.25, 0.3) is 11.8 Å². The molecule has 1 fully saturated rings. The van der Waals surface area contributed by atoms with Crippen LogP contribution in [0.2, 0.25) is 0 Å². The Labute approximate surface area is 169 Å². The van der Waals surface area contributed by atoms with Crippen LogP contribution in [-0.2, 0) is 19.4 Å². The SMILES string of the molecule is O=C(NC1CCCC1)c1nc(C(=O)NCCc2ccccc2F)n2c1CCCC2. The van der Waals surface area contributed by atoms with Gasteiger partial charge in [0.1, 0.15) is 11.5 Å². The third-order valence-corrected chi connectivity index (χ3v) is 5.86. The second-order valence-corrected chi connectivity index (χ2v) is 7.89. The summed E-state index contributed by atoms with van der Waals surface area (Å²) in [5.41, 5.74) is 1.80. The van der Waals surface area contributed by atoms with Crippen LogP contribution in [0.1, 0.15) is 70.9 Å². The molecular formula is C22H27FN4O2. The van der Waals surface area contributed by atoms with Crippen LogP contribution in [0.15, 0.2) is 24.3 Å². The van der Waals surface area contributed by atoms with Crippen molar-refractivity contribution in [2.75, 3.05) is 6.54 Å². The first kappa shape index (κ1) is 19.6. The van der Waals surface area contributed by atoms with E-state index in [2.05, 4.69) is 15.6 Å². The number of halogens is 1. The average molecular weight is 398 g/mol. The fourth-order valence-electron chi connectivity index (χ4n) is 4.31. The van der Waals surface area contributed by atoms with Crippen molar-refractivity contribution in [1.82, 2.24) is 20.2 Å². The third kappa shape index (κ3) is 4.33. The predicted octanol–water partition coefficient (Wildman–Crippen LogP) is 3.00. The Bertz CT molecular complexity index is 902. The molecule has 1 saturated carbocycles. The highest BCUT2D eigenvalue weighted by Crippen LogP contribution is 2.23. The normalized spacial score (nSPS) is 16.4. The number of carbonyl (C=O) groups is 2. The summed E-state index contributed by atoms with van der Waals surface area (Å²) in [6.45, 7) is 1.00. The first-order valence-electron chi connectivity index (χ1n) is 10.6. The molecule has 2 aliphatic rings. The Morgan fingerprint density at radius 1 is 1.10 bits per heavy atom. The molecule has 1 aromatic heterocycles. The van der Waals surface area contributed by atoms with Crippen molar-refractivity contribution < 1.29 is 14.0 Å². The van der Waals surface area contributed by atoms with Crippen molar-refractivity contribution in [2.24, 2.45) is 0 Å². The van der Waals surface area contributed by atoms with Gasteiger partial charge in [-0.2, -0.15) is 0 Å². The molecule has 2 N–H and O–H groups in total. The fourth-order valence-corrected chi connectivity index (χ4v) is 4.31. The molecule has 154 valence electrons. The van der Waals surface area contributed by atoms with Crippen molar-refractivity contribution in [3.63, 3.8) is 0 Å². The van der Waals surface area contributed by atoms with E-state index in [1.54, 1.807) is 18.2 Å². The molecule has 2 heterocycles. The topological polar surface area (TPSA) is 76.0 Å². The predicted molar refractivity (Wildman–Crippen MR) is 107 cm³/mol. The van der Waals surface area contributed by atoms with Gasteiger partial charge in [0.2, 0.25) is 0 Å². The number of benzene rings is 1. The summed E-state index contributed by atoms with van der Waals surface area (Å²) in [5, 5.41) is 5.91. The highest BCUT2D eigenvalue weighted by Gasteiger charge is 2.28. The van der Waals surface area contributed by atoms with E-state index in [-0.39, 0.29) is 29.5 Å². The van der Waals surface area contributed by atoms with E-state index in [4.69, 9.17) is 0 Å². The van der Waals surface area contributed by atoms with Crippen molar-refractivity contribution in [1.29, 1.82) is 0 Å². The standard InChI is InChI=1S/C22H27FN4O2/c23-17-10-4-1-7-15(17)12-13-24-22(29)20-26-19(18-11-5-6-14-27(18)20)21(28)25-16-8-2-3-9-16/h1,4,7,10,16H,2-3,5-6,8-9,11-14H2,(H,24,29)(H,25,28). The summed E-state index contributed by atoms with van der Waals surface area (Å²) in [7, 11) is 0. The smallest absolute Gasteiger partial charge is 0.287 e. The zero-order valence-corrected chi connectivity index (χ0v) is 16.5. The van der Waals surface area contributed by atoms with Crippen LogP contribution in [-0.4, -0.2) is 34.0 Å². The highest BCUT2D eigenvalue weighted by molar-refractivity contribution is 5.97. The molecule has 1 aromatic carbocycles. The Morgan fingerprint density at radius 2 is 1.90 bits per heavy atom. The largest absolute Gasteiger partial charge is 0.349 e. The van der Waals surface area contributed by atoms with Crippen molar-refractivity contribution >= 4 is 11.8 Å². The Kier molecular flexibility index (Phi) is 5.92. The maximum Gasteiger partial charge on any atom is 0.287 e. The Balaban J connectivity index is 1.46. The highest BCUT2D eigenvalue weighted by atomic mass is 19.1. The number of nitrogens with zero attached hydrogens (tertiary/aromatic N) is 2. The molecule has 0 bridgehead atoms. The van der Waals surface area contributed by atoms with E-state index in [9.17, 15) is 14.0 Å². The molecule has 0 spiro atoms. The second kappa shape index (κ2) is 8.76. The van der Waals surface area contributed by atoms with Crippen LogP contribution in [0, 0.1) is 5.82 Å². The molecule has 6 nitrogen and oxygen atoms in total. The van der Waals surface area contributed by atoms with E-state index in [0.29, 0.717) is 30.8 Å². The first-order chi connectivity index (χ1) is 14.1. The summed E-state index contributed by atoms with van der Waals surface area (Å²) < 4.78 is 15.6. The fraction of sp³-hybridized carbons (Fsp3) is 0.500. The lowest BCUT2D eigenvalue weighted by atomic mass is 10.1. The van der Waals surface area contributed by atoms with Crippen molar-refractivity contribution in [3.8, 4) is 0 Å². The summed E-state index contributed by atoms with van der Waals surface area (Å²) in [6, 6.07) is 6.76. The van der Waals surface area contributed by atoms with Gasteiger partial charge >= 0.3 is 0 Å². The van der Waals surface area contributed by atoms with Gasteiger partial charge in [-0.05, 0) is 50.2 Å². The lowest BCUT2D eigenvalue weighted by Gasteiger charge is -2.17. The van der Waals surface area contributed by atoms with Gasteiger partial charge in [-0.15, -0.1) is 0 Å². The number of carbonyl (C=O) groups excluding carboxylic acids is 2. The number of aromatic nitrogens is 2. The number of hydrogen-bond acceptors (Lipinski definition) is 3. The minimum Gasteiger partial charge on any atom is -0.349 e. The van der Waals surface area contributed by atoms with Gasteiger partial charge in [-0.3, -0.25) is 9.59 Å². The number of rotatable bonds is 6. The number of amides is 2. The van der Waals surface area contributed by atoms with E-state index in [1.165, 1.54) is 6.07 Å². The zero-order valence-electron chi connectivity index (χ0n) is 16.5. The Hall–Kier alpha value is -2.70. The maximum atomic E-state index is 13.7. The average Bonchev–Trinajstić information content (AvgIpc) is 3.37. The van der Waals surface area contributed by atoms with Gasteiger partial charge in [0.15, 0.2) is 5.82 Å². The summed E-state index contributed by atoms with van der Waals surface area (Å²) in [5.74, 6) is -0.479. The molecule has 2 aromatic rings. The molecule has 4 rings (SSSR count). The second-order valence-electron chi connectivity index (χ2n) is 7.89. The minimum atomic E-state index is -0.315. The van der Waals surface area contributed by atoms with Gasteiger partial charge in [-0.1, -0.05) is 31.0 Å². The van der Waals surface area contributed by atoms with Gasteiger partial charge in [-0.25, -0.2) is 9.37 Å². The molecular weight excluding hydrogens is 371 g/mol. The number of nitrogens with one attached hydrogen (secondary N) is 2. The molecule has 0 unspecified atom stereocenters. The first-order valence-corrected chi connectivity index (χ1v) is 10.6. The maximum absolute atomic E-state index is 13.7. The summed E-state index contributed by atoms with van der Waals surface area (Å²) in [4.78, 5) is 30.0. The molecule has 0 radical (unpaired) electrons. The van der Waals surface area contributed by atoms with Gasteiger partial charge < -0.3 is 15.2 Å². The van der Waals surface area contributed by atoms with Crippen molar-refractivity contribution in [3.05, 3.63) is 52.9 Å². The van der Waals surface area contributed by atoms with E-state index >= 15 is 0 Å². The molecule has 0 atom stereocenters. The van der Waals surface area contributed by atoms with Crippen LogP contribution in [0.4, 0.5) is 4.39 Å². The lowest BCUT2D eigenvalue weighted by molar-refractivity contribution is 0.0931. The lowest BCUT2D eigenvalue weighted by Crippen LogP contribution is -2.33. The van der Waals surface area contributed by atoms with E-state index < -0.39 is 0 Å². The molecule has 2 amide bonds. The molecule has 1 aliphatic carbocycles. The van der Waals surface area contributed by atoms with Crippen molar-refractivity contribution in [2.45, 2.75) is 64.0 Å². The van der Waals surface area contributed by atoms with Crippen LogP contribution in [0.25, 0.3) is 0 Å². The minimum absolute atomic E-state index is 0.173. The molecule has 0 saturated heterocycles. The number of fused-ring (bicyclic) bond motifs is 1. The van der Waals surface area contributed by atoms with Crippen LogP contribution in [0.5, 0.6) is 0 Å². The summed E-state index contributed by atoms with van der Waals surface area (Å²) in [6.07, 6.45) is 7.40. The zero-order chi connectivity index (χ0) is 20.2. The number of hydrogen-bond donors (Lipinski definition) is 2. The molecule has 1 aliphatic heterocycles. The Morgan fingerprint density at radius 3 is 2.69 bits per heavy atom. The molecule has 7 heteroatoms. The number of imidazole rings is 1. The van der Waals surface area contributed by atoms with Gasteiger partial charge in [0, 0.05) is 19.1 Å². The third-order valence-electron chi connectivity index (χ3n) is 5.86. The quantitative estimate of drug-likeness (QED) is 0.785.